The third kappa shape index (κ3) is 3.45. The molecule has 0 saturated carbocycles. The zero-order chi connectivity index (χ0) is 16.9. The van der Waals surface area contributed by atoms with E-state index in [1.54, 1.807) is 7.11 Å². The summed E-state index contributed by atoms with van der Waals surface area (Å²) in [6.07, 6.45) is 1.03. The van der Waals surface area contributed by atoms with E-state index in [0.717, 1.165) is 23.6 Å². The van der Waals surface area contributed by atoms with Gasteiger partial charge in [-0.25, -0.2) is 0 Å². The van der Waals surface area contributed by atoms with Crippen LogP contribution in [0.15, 0.2) is 18.2 Å². The summed E-state index contributed by atoms with van der Waals surface area (Å²) in [5, 5.41) is 11.7. The Balaban J connectivity index is 1.78. The van der Waals surface area contributed by atoms with Gasteiger partial charge in [-0.3, -0.25) is 9.69 Å². The van der Waals surface area contributed by atoms with Crippen LogP contribution in [0, 0.1) is 11.3 Å². The van der Waals surface area contributed by atoms with Crippen LogP contribution in [0.3, 0.4) is 0 Å². The number of hydrogen-bond donors (Lipinski definition) is 1. The first kappa shape index (κ1) is 16.9. The molecular weight excluding hydrogens is 326 g/mol. The molecule has 2 atom stereocenters. The minimum Gasteiger partial charge on any atom is -0.493 e. The molecule has 2 heterocycles. The van der Waals surface area contributed by atoms with E-state index in [1.807, 2.05) is 30.0 Å². The van der Waals surface area contributed by atoms with E-state index in [4.69, 9.17) is 14.7 Å². The maximum Gasteiger partial charge on any atom is 0.239 e. The second kappa shape index (κ2) is 7.77. The van der Waals surface area contributed by atoms with Crippen molar-refractivity contribution in [1.29, 1.82) is 5.26 Å². The standard InChI is InChI=1S/C17H21N3O3S/c1-22-14-5-4-12(10-15(14)23-8-3-2-6-18)16-19-17(21)13-11-24-9-7-20(13)16/h4-5,10,13,16H,2-3,7-9,11H2,1H3,(H,19,21). The van der Waals surface area contributed by atoms with E-state index in [9.17, 15) is 4.79 Å². The Bertz CT molecular complexity index is 646. The van der Waals surface area contributed by atoms with Gasteiger partial charge in [-0.2, -0.15) is 17.0 Å². The van der Waals surface area contributed by atoms with Crippen LogP contribution in [0.1, 0.15) is 24.6 Å². The van der Waals surface area contributed by atoms with Gasteiger partial charge in [0.25, 0.3) is 0 Å². The number of carbonyl (C=O) groups excluding carboxylic acids is 1. The molecule has 2 aliphatic rings. The molecule has 1 aromatic rings. The summed E-state index contributed by atoms with van der Waals surface area (Å²) >= 11 is 1.82. The second-order valence-electron chi connectivity index (χ2n) is 5.76. The fourth-order valence-electron chi connectivity index (χ4n) is 3.05. The molecule has 0 radical (unpaired) electrons. The van der Waals surface area contributed by atoms with E-state index >= 15 is 0 Å². The number of hydrogen-bond acceptors (Lipinski definition) is 6. The molecule has 128 valence electrons. The van der Waals surface area contributed by atoms with Crippen molar-refractivity contribution in [2.75, 3.05) is 31.8 Å². The molecule has 2 unspecified atom stereocenters. The molecule has 0 aromatic heterocycles. The summed E-state index contributed by atoms with van der Waals surface area (Å²) in [6, 6.07) is 7.83. The number of ether oxygens (including phenoxy) is 2. The van der Waals surface area contributed by atoms with Crippen molar-refractivity contribution in [3.63, 3.8) is 0 Å². The maximum absolute atomic E-state index is 12.2. The van der Waals surface area contributed by atoms with Gasteiger partial charge in [-0.05, 0) is 24.1 Å². The Kier molecular flexibility index (Phi) is 5.48. The topological polar surface area (TPSA) is 74.6 Å². The summed E-state index contributed by atoms with van der Waals surface area (Å²) < 4.78 is 11.1. The van der Waals surface area contributed by atoms with Crippen LogP contribution in [0.5, 0.6) is 11.5 Å². The molecule has 2 aliphatic heterocycles. The van der Waals surface area contributed by atoms with Crippen LogP contribution in [0.4, 0.5) is 0 Å². The SMILES string of the molecule is COc1ccc(C2NC(=O)C3CSCCN32)cc1OCCCC#N. The zero-order valence-electron chi connectivity index (χ0n) is 13.7. The summed E-state index contributed by atoms with van der Waals surface area (Å²) in [6.45, 7) is 1.36. The van der Waals surface area contributed by atoms with Crippen molar-refractivity contribution >= 4 is 17.7 Å². The lowest BCUT2D eigenvalue weighted by atomic mass is 10.1. The highest BCUT2D eigenvalue weighted by molar-refractivity contribution is 7.99. The van der Waals surface area contributed by atoms with Gasteiger partial charge in [0.15, 0.2) is 11.5 Å². The minimum absolute atomic E-state index is 0.0455. The quantitative estimate of drug-likeness (QED) is 0.793. The van der Waals surface area contributed by atoms with Crippen LogP contribution in [-0.4, -0.2) is 48.6 Å². The molecule has 2 saturated heterocycles. The fourth-order valence-corrected chi connectivity index (χ4v) is 4.12. The van der Waals surface area contributed by atoms with Crippen LogP contribution in [0.2, 0.25) is 0 Å². The van der Waals surface area contributed by atoms with Gasteiger partial charge in [0.05, 0.1) is 19.8 Å². The van der Waals surface area contributed by atoms with Crippen molar-refractivity contribution < 1.29 is 14.3 Å². The Morgan fingerprint density at radius 3 is 3.12 bits per heavy atom. The van der Waals surface area contributed by atoms with Gasteiger partial charge in [-0.15, -0.1) is 0 Å². The fraction of sp³-hybridized carbons (Fsp3) is 0.529. The maximum atomic E-state index is 12.2. The van der Waals surface area contributed by atoms with Gasteiger partial charge in [0.2, 0.25) is 5.91 Å². The van der Waals surface area contributed by atoms with E-state index < -0.39 is 0 Å². The first-order valence-corrected chi connectivity index (χ1v) is 9.21. The summed E-state index contributed by atoms with van der Waals surface area (Å²) in [7, 11) is 1.60. The molecule has 3 rings (SSSR count). The summed E-state index contributed by atoms with van der Waals surface area (Å²) in [5.74, 6) is 3.29. The molecule has 1 aromatic carbocycles. The van der Waals surface area contributed by atoms with Crippen LogP contribution < -0.4 is 14.8 Å². The number of nitrogens with one attached hydrogen (secondary N) is 1. The third-order valence-corrected chi connectivity index (χ3v) is 5.30. The van der Waals surface area contributed by atoms with Crippen LogP contribution in [0.25, 0.3) is 0 Å². The number of rotatable bonds is 6. The monoisotopic (exact) mass is 347 g/mol. The molecule has 2 fully saturated rings. The van der Waals surface area contributed by atoms with Crippen molar-refractivity contribution in [3.8, 4) is 17.6 Å². The predicted molar refractivity (Wildman–Crippen MR) is 92.0 cm³/mol. The average molecular weight is 347 g/mol. The molecule has 1 amide bonds. The Morgan fingerprint density at radius 2 is 2.33 bits per heavy atom. The minimum atomic E-state index is -0.115. The molecule has 6 nitrogen and oxygen atoms in total. The van der Waals surface area contributed by atoms with Crippen molar-refractivity contribution in [2.45, 2.75) is 25.0 Å². The smallest absolute Gasteiger partial charge is 0.239 e. The van der Waals surface area contributed by atoms with Crippen LogP contribution in [-0.2, 0) is 4.79 Å². The number of carbonyl (C=O) groups is 1. The highest BCUT2D eigenvalue weighted by atomic mass is 32.2. The number of thioether (sulfide) groups is 1. The van der Waals surface area contributed by atoms with Gasteiger partial charge in [0.1, 0.15) is 12.2 Å². The van der Waals surface area contributed by atoms with E-state index in [2.05, 4.69) is 16.3 Å². The van der Waals surface area contributed by atoms with Gasteiger partial charge in [-0.1, -0.05) is 6.07 Å². The van der Waals surface area contributed by atoms with Crippen molar-refractivity contribution in [2.24, 2.45) is 0 Å². The van der Waals surface area contributed by atoms with Crippen LogP contribution >= 0.6 is 11.8 Å². The number of methoxy groups -OCH3 is 1. The third-order valence-electron chi connectivity index (χ3n) is 4.28. The number of nitrogens with zero attached hydrogens (tertiary/aromatic N) is 2. The first-order valence-electron chi connectivity index (χ1n) is 8.06. The molecule has 1 N–H and O–H groups in total. The van der Waals surface area contributed by atoms with E-state index in [-0.39, 0.29) is 18.1 Å². The number of nitriles is 1. The highest BCUT2D eigenvalue weighted by Gasteiger charge is 2.42. The van der Waals surface area contributed by atoms with Gasteiger partial charge < -0.3 is 14.8 Å². The number of fused-ring (bicyclic) bond motifs is 1. The lowest BCUT2D eigenvalue weighted by Gasteiger charge is -2.31. The zero-order valence-corrected chi connectivity index (χ0v) is 14.5. The number of benzene rings is 1. The van der Waals surface area contributed by atoms with E-state index in [1.165, 1.54) is 0 Å². The van der Waals surface area contributed by atoms with Crippen molar-refractivity contribution in [3.05, 3.63) is 23.8 Å². The predicted octanol–water partition coefficient (Wildman–Crippen LogP) is 1.92. The lowest BCUT2D eigenvalue weighted by molar-refractivity contribution is -0.121. The average Bonchev–Trinajstić information content (AvgIpc) is 2.96. The Hall–Kier alpha value is -1.91. The van der Waals surface area contributed by atoms with E-state index in [0.29, 0.717) is 30.9 Å². The lowest BCUT2D eigenvalue weighted by Crippen LogP contribution is -2.41. The molecule has 0 bridgehead atoms. The largest absolute Gasteiger partial charge is 0.493 e. The van der Waals surface area contributed by atoms with Gasteiger partial charge >= 0.3 is 0 Å². The normalized spacial score (nSPS) is 23.2. The molecular formula is C17H21N3O3S. The van der Waals surface area contributed by atoms with Crippen molar-refractivity contribution in [1.82, 2.24) is 10.2 Å². The summed E-state index contributed by atoms with van der Waals surface area (Å²) in [5.41, 5.74) is 0.994. The second-order valence-corrected chi connectivity index (χ2v) is 6.91. The number of amides is 1. The highest BCUT2D eigenvalue weighted by Crippen LogP contribution is 2.35. The first-order chi connectivity index (χ1) is 11.7. The van der Waals surface area contributed by atoms with Gasteiger partial charge in [0, 0.05) is 24.5 Å². The molecule has 24 heavy (non-hydrogen) atoms. The Labute approximate surface area is 146 Å². The molecule has 0 aliphatic carbocycles. The molecule has 0 spiro atoms. The number of unbranched alkanes of at least 4 members (excludes halogenated alkanes) is 1. The Morgan fingerprint density at radius 1 is 1.46 bits per heavy atom. The molecule has 7 heteroatoms. The summed E-state index contributed by atoms with van der Waals surface area (Å²) in [4.78, 5) is 14.4.